The van der Waals surface area contributed by atoms with E-state index in [1.54, 1.807) is 0 Å². The fourth-order valence-corrected chi connectivity index (χ4v) is 4.38. The van der Waals surface area contributed by atoms with Crippen molar-refractivity contribution in [3.63, 3.8) is 0 Å². The van der Waals surface area contributed by atoms with Gasteiger partial charge in [0.05, 0.1) is 18.5 Å². The topological polar surface area (TPSA) is 21.3 Å². The van der Waals surface area contributed by atoms with Crippen LogP contribution in [0.3, 0.4) is 0 Å². The zero-order valence-corrected chi connectivity index (χ0v) is 11.7. The summed E-state index contributed by atoms with van der Waals surface area (Å²) in [5, 5.41) is 5.11. The number of ether oxygens (including phenoxy) is 1. The van der Waals surface area contributed by atoms with Crippen molar-refractivity contribution < 1.29 is 4.74 Å². The zero-order chi connectivity index (χ0) is 12.4. The highest BCUT2D eigenvalue weighted by molar-refractivity contribution is 8.00. The van der Waals surface area contributed by atoms with Crippen LogP contribution in [0, 0.1) is 0 Å². The first-order chi connectivity index (χ1) is 8.88. The molecule has 2 atom stereocenters. The molecule has 0 bridgehead atoms. The summed E-state index contributed by atoms with van der Waals surface area (Å²) in [6.07, 6.45) is 2.51. The molecule has 18 heavy (non-hydrogen) atoms. The van der Waals surface area contributed by atoms with E-state index in [1.807, 2.05) is 0 Å². The van der Waals surface area contributed by atoms with E-state index in [0.29, 0.717) is 11.3 Å². The molecule has 0 aromatic heterocycles. The van der Waals surface area contributed by atoms with Crippen molar-refractivity contribution in [2.24, 2.45) is 0 Å². The Morgan fingerprint density at radius 2 is 2.17 bits per heavy atom. The van der Waals surface area contributed by atoms with Gasteiger partial charge >= 0.3 is 0 Å². The number of fused-ring (bicyclic) bond motifs is 1. The molecule has 1 aromatic carbocycles. The number of nitrogens with one attached hydrogen (secondary N) is 1. The zero-order valence-electron chi connectivity index (χ0n) is 10.9. The van der Waals surface area contributed by atoms with Crippen molar-refractivity contribution in [2.75, 3.05) is 19.8 Å². The number of hydrogen-bond acceptors (Lipinski definition) is 3. The van der Waals surface area contributed by atoms with E-state index in [-0.39, 0.29) is 0 Å². The second-order valence-electron chi connectivity index (χ2n) is 5.11. The Morgan fingerprint density at radius 3 is 2.89 bits per heavy atom. The molecule has 3 rings (SSSR count). The summed E-state index contributed by atoms with van der Waals surface area (Å²) in [5.41, 5.74) is 3.05. The molecule has 0 radical (unpaired) electrons. The van der Waals surface area contributed by atoms with Crippen LogP contribution in [0.25, 0.3) is 0 Å². The van der Waals surface area contributed by atoms with Crippen molar-refractivity contribution in [3.8, 4) is 0 Å². The van der Waals surface area contributed by atoms with Crippen LogP contribution in [0.4, 0.5) is 0 Å². The maximum Gasteiger partial charge on any atom is 0.0608 e. The monoisotopic (exact) mass is 263 g/mol. The van der Waals surface area contributed by atoms with Gasteiger partial charge in [0.2, 0.25) is 0 Å². The van der Waals surface area contributed by atoms with Gasteiger partial charge in [0.15, 0.2) is 0 Å². The minimum Gasteiger partial charge on any atom is -0.379 e. The Hall–Kier alpha value is -0.510. The number of benzene rings is 1. The van der Waals surface area contributed by atoms with Gasteiger partial charge in [-0.05, 0) is 30.5 Å². The SMILES string of the molecule is CCNC1c2ccccc2CCC1SC1COC1. The Morgan fingerprint density at radius 1 is 1.33 bits per heavy atom. The summed E-state index contributed by atoms with van der Waals surface area (Å²) in [6.45, 7) is 5.13. The third-order valence-corrected chi connectivity index (χ3v) is 5.37. The maximum absolute atomic E-state index is 5.30. The van der Waals surface area contributed by atoms with Crippen molar-refractivity contribution in [2.45, 2.75) is 36.3 Å². The van der Waals surface area contributed by atoms with E-state index < -0.39 is 0 Å². The van der Waals surface area contributed by atoms with Crippen LogP contribution in [0.1, 0.15) is 30.5 Å². The molecule has 0 amide bonds. The predicted molar refractivity (Wildman–Crippen MR) is 77.2 cm³/mol. The van der Waals surface area contributed by atoms with Crippen LogP contribution in [0.5, 0.6) is 0 Å². The number of hydrogen-bond donors (Lipinski definition) is 1. The van der Waals surface area contributed by atoms with Gasteiger partial charge in [-0.25, -0.2) is 0 Å². The molecule has 3 heteroatoms. The minimum absolute atomic E-state index is 0.519. The summed E-state index contributed by atoms with van der Waals surface area (Å²) in [4.78, 5) is 0. The normalized spacial score (nSPS) is 27.6. The molecule has 0 spiro atoms. The minimum atomic E-state index is 0.519. The molecular weight excluding hydrogens is 242 g/mol. The number of rotatable bonds is 4. The summed E-state index contributed by atoms with van der Waals surface area (Å²) in [6, 6.07) is 9.43. The third-order valence-electron chi connectivity index (χ3n) is 3.86. The average molecular weight is 263 g/mol. The van der Waals surface area contributed by atoms with Gasteiger partial charge in [-0.1, -0.05) is 31.2 Å². The average Bonchev–Trinajstić information content (AvgIpc) is 2.36. The second-order valence-corrected chi connectivity index (χ2v) is 6.65. The molecule has 1 fully saturated rings. The molecule has 2 unspecified atom stereocenters. The van der Waals surface area contributed by atoms with Crippen LogP contribution in [0.2, 0.25) is 0 Å². The van der Waals surface area contributed by atoms with Gasteiger partial charge in [0.1, 0.15) is 0 Å². The Labute approximate surface area is 113 Å². The van der Waals surface area contributed by atoms with E-state index in [0.717, 1.165) is 25.0 Å². The molecule has 1 saturated heterocycles. The molecule has 1 aromatic rings. The quantitative estimate of drug-likeness (QED) is 0.902. The van der Waals surface area contributed by atoms with Crippen LogP contribution in [-0.4, -0.2) is 30.3 Å². The first kappa shape index (κ1) is 12.5. The molecule has 98 valence electrons. The lowest BCUT2D eigenvalue weighted by molar-refractivity contribution is 0.0451. The van der Waals surface area contributed by atoms with Gasteiger partial charge in [0, 0.05) is 11.3 Å². The van der Waals surface area contributed by atoms with Gasteiger partial charge < -0.3 is 10.1 Å². The molecule has 0 saturated carbocycles. The lowest BCUT2D eigenvalue weighted by Gasteiger charge is -2.37. The molecule has 2 aliphatic rings. The Kier molecular flexibility index (Phi) is 3.92. The predicted octanol–water partition coefficient (Wildman–Crippen LogP) is 2.78. The van der Waals surface area contributed by atoms with E-state index in [2.05, 4.69) is 48.3 Å². The van der Waals surface area contributed by atoms with Gasteiger partial charge in [-0.3, -0.25) is 0 Å². The summed E-state index contributed by atoms with van der Waals surface area (Å²) >= 11 is 2.13. The lowest BCUT2D eigenvalue weighted by atomic mass is 9.87. The van der Waals surface area contributed by atoms with Crippen LogP contribution in [-0.2, 0) is 11.2 Å². The fourth-order valence-electron chi connectivity index (χ4n) is 2.88. The largest absolute Gasteiger partial charge is 0.379 e. The summed E-state index contributed by atoms with van der Waals surface area (Å²) < 4.78 is 5.30. The summed E-state index contributed by atoms with van der Waals surface area (Å²) in [5.74, 6) is 0. The second kappa shape index (κ2) is 5.64. The first-order valence-corrected chi connectivity index (χ1v) is 7.87. The number of aryl methyl sites for hydroxylation is 1. The van der Waals surface area contributed by atoms with Crippen molar-refractivity contribution in [3.05, 3.63) is 35.4 Å². The van der Waals surface area contributed by atoms with Crippen LogP contribution >= 0.6 is 11.8 Å². The van der Waals surface area contributed by atoms with Gasteiger partial charge in [-0.2, -0.15) is 0 Å². The molecule has 1 aliphatic heterocycles. The van der Waals surface area contributed by atoms with Gasteiger partial charge in [-0.15, -0.1) is 11.8 Å². The van der Waals surface area contributed by atoms with Crippen molar-refractivity contribution >= 4 is 11.8 Å². The van der Waals surface area contributed by atoms with Crippen LogP contribution < -0.4 is 5.32 Å². The van der Waals surface area contributed by atoms with E-state index in [9.17, 15) is 0 Å². The maximum atomic E-state index is 5.30. The van der Waals surface area contributed by atoms with E-state index in [4.69, 9.17) is 4.74 Å². The highest BCUT2D eigenvalue weighted by atomic mass is 32.2. The van der Waals surface area contributed by atoms with Crippen LogP contribution in [0.15, 0.2) is 24.3 Å². The Bertz CT molecular complexity index is 405. The molecule has 2 nitrogen and oxygen atoms in total. The van der Waals surface area contributed by atoms with Gasteiger partial charge in [0.25, 0.3) is 0 Å². The molecule has 1 N–H and O–H groups in total. The molecular formula is C15H21NOS. The lowest BCUT2D eigenvalue weighted by Crippen LogP contribution is -2.39. The van der Waals surface area contributed by atoms with E-state index in [1.165, 1.54) is 24.0 Å². The van der Waals surface area contributed by atoms with Crippen molar-refractivity contribution in [1.82, 2.24) is 5.32 Å². The number of thioether (sulfide) groups is 1. The van der Waals surface area contributed by atoms with E-state index >= 15 is 0 Å². The highest BCUT2D eigenvalue weighted by Crippen LogP contribution is 2.39. The Balaban J connectivity index is 1.78. The highest BCUT2D eigenvalue weighted by Gasteiger charge is 2.33. The smallest absolute Gasteiger partial charge is 0.0608 e. The first-order valence-electron chi connectivity index (χ1n) is 6.93. The fraction of sp³-hybridized carbons (Fsp3) is 0.600. The standard InChI is InChI=1S/C15H21NOS/c1-2-16-15-13-6-4-3-5-11(13)7-8-14(15)18-12-9-17-10-12/h3-6,12,14-16H,2,7-10H2,1H3. The third kappa shape index (κ3) is 2.44. The van der Waals surface area contributed by atoms with Crippen molar-refractivity contribution in [1.29, 1.82) is 0 Å². The molecule has 1 aliphatic carbocycles. The summed E-state index contributed by atoms with van der Waals surface area (Å²) in [7, 11) is 0. The molecule has 1 heterocycles.